The molecule has 148 valence electrons. The predicted molar refractivity (Wildman–Crippen MR) is 96.3 cm³/mol. The van der Waals surface area contributed by atoms with Crippen LogP contribution in [-0.4, -0.2) is 40.5 Å². The molecular formula is C19H19F3N4O2. The van der Waals surface area contributed by atoms with Crippen molar-refractivity contribution in [2.24, 2.45) is 0 Å². The van der Waals surface area contributed by atoms with E-state index in [1.165, 1.54) is 11.2 Å². The van der Waals surface area contributed by atoms with E-state index in [2.05, 4.69) is 15.4 Å². The van der Waals surface area contributed by atoms with Crippen LogP contribution in [0.3, 0.4) is 0 Å². The zero-order chi connectivity index (χ0) is 20.1. The van der Waals surface area contributed by atoms with Crippen LogP contribution in [0.25, 0.3) is 5.70 Å². The molecule has 9 heteroatoms. The summed E-state index contributed by atoms with van der Waals surface area (Å²) in [7, 11) is 0. The number of carbonyl (C=O) groups is 1. The number of carbonyl (C=O) groups excluding carboxylic acids is 1. The van der Waals surface area contributed by atoms with Gasteiger partial charge in [0.2, 0.25) is 0 Å². The van der Waals surface area contributed by atoms with Crippen LogP contribution in [0.2, 0.25) is 0 Å². The average Bonchev–Trinajstić information content (AvgIpc) is 3.13. The molecule has 6 nitrogen and oxygen atoms in total. The Morgan fingerprint density at radius 2 is 2.18 bits per heavy atom. The number of aryl methyl sites for hydroxylation is 1. The van der Waals surface area contributed by atoms with E-state index in [-0.39, 0.29) is 13.2 Å². The molecule has 0 spiro atoms. The number of halogens is 3. The maximum Gasteiger partial charge on any atom is 0.390 e. The molecule has 28 heavy (non-hydrogen) atoms. The van der Waals surface area contributed by atoms with Gasteiger partial charge in [-0.1, -0.05) is 6.07 Å². The number of hydrogen-bond donors (Lipinski definition) is 1. The van der Waals surface area contributed by atoms with Crippen molar-refractivity contribution in [3.63, 3.8) is 0 Å². The summed E-state index contributed by atoms with van der Waals surface area (Å²) < 4.78 is 43.5. The smallest absolute Gasteiger partial charge is 0.390 e. The van der Waals surface area contributed by atoms with E-state index in [1.54, 1.807) is 37.4 Å². The van der Waals surface area contributed by atoms with Crippen LogP contribution >= 0.6 is 0 Å². The molecule has 0 amide bonds. The third-order valence-electron chi connectivity index (χ3n) is 4.17. The Bertz CT molecular complexity index is 884. The molecule has 0 bridgehead atoms. The maximum absolute atomic E-state index is 12.6. The zero-order valence-corrected chi connectivity index (χ0v) is 15.2. The van der Waals surface area contributed by atoms with Crippen LogP contribution in [0, 0.1) is 6.92 Å². The predicted octanol–water partition coefficient (Wildman–Crippen LogP) is 3.29. The van der Waals surface area contributed by atoms with Gasteiger partial charge in [0.25, 0.3) is 0 Å². The minimum Gasteiger partial charge on any atom is -0.486 e. The summed E-state index contributed by atoms with van der Waals surface area (Å²) in [5, 5.41) is 1.45. The van der Waals surface area contributed by atoms with Crippen LogP contribution in [-0.2, 0) is 6.61 Å². The van der Waals surface area contributed by atoms with E-state index in [1.807, 2.05) is 0 Å². The Labute approximate surface area is 160 Å². The summed E-state index contributed by atoms with van der Waals surface area (Å²) in [5.41, 5.74) is 5.77. The van der Waals surface area contributed by atoms with Gasteiger partial charge >= 0.3 is 6.18 Å². The number of nitrogens with zero attached hydrogens (tertiary/aromatic N) is 3. The number of alkyl halides is 3. The first kappa shape index (κ1) is 19.8. The molecule has 0 saturated carbocycles. The second kappa shape index (κ2) is 8.39. The lowest BCUT2D eigenvalue weighted by Crippen LogP contribution is -2.34. The van der Waals surface area contributed by atoms with Crippen LogP contribution in [0.4, 0.5) is 13.2 Å². The zero-order valence-electron chi connectivity index (χ0n) is 15.2. The molecule has 0 saturated heterocycles. The van der Waals surface area contributed by atoms with Crippen LogP contribution in [0.15, 0.2) is 36.7 Å². The second-order valence-electron chi connectivity index (χ2n) is 6.25. The Balaban J connectivity index is 1.77. The Morgan fingerprint density at radius 1 is 1.36 bits per heavy atom. The molecule has 1 aliphatic rings. The summed E-state index contributed by atoms with van der Waals surface area (Å²) in [6.45, 7) is 2.06. The summed E-state index contributed by atoms with van der Waals surface area (Å²) in [4.78, 5) is 19.7. The maximum atomic E-state index is 12.6. The Morgan fingerprint density at radius 3 is 2.93 bits per heavy atom. The number of nitrogens with one attached hydrogen (secondary N) is 1. The van der Waals surface area contributed by atoms with Gasteiger partial charge in [-0.2, -0.15) is 13.2 Å². The van der Waals surface area contributed by atoms with Crippen molar-refractivity contribution in [2.75, 3.05) is 13.1 Å². The SMILES string of the molecule is Cc1cc(C=O)c(OCc2cccnc2C2=CCNN2CCC(F)(F)F)cn1. The first-order valence-electron chi connectivity index (χ1n) is 8.64. The molecule has 0 radical (unpaired) electrons. The van der Waals surface area contributed by atoms with Crippen molar-refractivity contribution in [3.05, 3.63) is 59.2 Å². The van der Waals surface area contributed by atoms with Crippen LogP contribution in [0.1, 0.15) is 33.7 Å². The van der Waals surface area contributed by atoms with Gasteiger partial charge in [-0.3, -0.25) is 14.8 Å². The van der Waals surface area contributed by atoms with E-state index in [0.29, 0.717) is 46.8 Å². The summed E-state index contributed by atoms with van der Waals surface area (Å²) in [6, 6.07) is 5.12. The van der Waals surface area contributed by atoms with Gasteiger partial charge in [-0.15, -0.1) is 0 Å². The number of hydrogen-bond acceptors (Lipinski definition) is 6. The quantitative estimate of drug-likeness (QED) is 0.730. The fraction of sp³-hybridized carbons (Fsp3) is 0.316. The highest BCUT2D eigenvalue weighted by molar-refractivity contribution is 5.79. The second-order valence-corrected chi connectivity index (χ2v) is 6.25. The fourth-order valence-electron chi connectivity index (χ4n) is 2.83. The van der Waals surface area contributed by atoms with Gasteiger partial charge in [-0.05, 0) is 25.1 Å². The van der Waals surface area contributed by atoms with E-state index in [9.17, 15) is 18.0 Å². The summed E-state index contributed by atoms with van der Waals surface area (Å²) in [6.07, 6.45) is 0.344. The standard InChI is InChI=1S/C19H19F3N4O2/c1-13-9-15(11-27)17(10-24-13)28-12-14-3-2-6-23-18(14)16-4-7-25-26(16)8-5-19(20,21)22/h2-4,6,9-11,25H,5,7-8,12H2,1H3. The number of ether oxygens (including phenoxy) is 1. The van der Waals surface area contributed by atoms with Gasteiger partial charge in [0.15, 0.2) is 6.29 Å². The lowest BCUT2D eigenvalue weighted by Gasteiger charge is -2.24. The van der Waals surface area contributed by atoms with E-state index >= 15 is 0 Å². The Kier molecular flexibility index (Phi) is 5.93. The van der Waals surface area contributed by atoms with Gasteiger partial charge in [0, 0.05) is 30.5 Å². The van der Waals surface area contributed by atoms with Gasteiger partial charge < -0.3 is 9.75 Å². The first-order valence-corrected chi connectivity index (χ1v) is 8.64. The lowest BCUT2D eigenvalue weighted by molar-refractivity contribution is -0.137. The molecule has 1 aliphatic heterocycles. The molecule has 0 atom stereocenters. The normalized spacial score (nSPS) is 14.1. The molecule has 0 fully saturated rings. The van der Waals surface area contributed by atoms with Gasteiger partial charge in [0.1, 0.15) is 12.4 Å². The van der Waals surface area contributed by atoms with Crippen LogP contribution < -0.4 is 10.2 Å². The molecular weight excluding hydrogens is 373 g/mol. The topological polar surface area (TPSA) is 67.3 Å². The number of rotatable bonds is 7. The van der Waals surface area contributed by atoms with Crippen molar-refractivity contribution >= 4 is 12.0 Å². The average molecular weight is 392 g/mol. The Hall–Kier alpha value is -2.94. The van der Waals surface area contributed by atoms with E-state index < -0.39 is 12.6 Å². The largest absolute Gasteiger partial charge is 0.486 e. The molecule has 2 aromatic heterocycles. The van der Waals surface area contributed by atoms with E-state index in [4.69, 9.17) is 4.74 Å². The minimum absolute atomic E-state index is 0.0964. The third-order valence-corrected chi connectivity index (χ3v) is 4.17. The third kappa shape index (κ3) is 4.86. The summed E-state index contributed by atoms with van der Waals surface area (Å²) in [5.74, 6) is 0.336. The molecule has 0 aromatic carbocycles. The van der Waals surface area contributed by atoms with Crippen molar-refractivity contribution < 1.29 is 22.7 Å². The van der Waals surface area contributed by atoms with Gasteiger partial charge in [-0.25, -0.2) is 5.43 Å². The van der Waals surface area contributed by atoms with Crippen molar-refractivity contribution in [1.82, 2.24) is 20.4 Å². The highest BCUT2D eigenvalue weighted by Gasteiger charge is 2.30. The van der Waals surface area contributed by atoms with E-state index in [0.717, 1.165) is 0 Å². The van der Waals surface area contributed by atoms with Crippen LogP contribution in [0.5, 0.6) is 5.75 Å². The number of aromatic nitrogens is 2. The van der Waals surface area contributed by atoms with Crippen molar-refractivity contribution in [3.8, 4) is 5.75 Å². The molecule has 3 heterocycles. The number of hydrazine groups is 1. The minimum atomic E-state index is -4.24. The number of pyridine rings is 2. The van der Waals surface area contributed by atoms with Crippen molar-refractivity contribution in [2.45, 2.75) is 26.1 Å². The highest BCUT2D eigenvalue weighted by atomic mass is 19.4. The first-order chi connectivity index (χ1) is 13.4. The fourth-order valence-corrected chi connectivity index (χ4v) is 2.83. The molecule has 3 rings (SSSR count). The molecule has 0 aliphatic carbocycles. The molecule has 2 aromatic rings. The monoisotopic (exact) mass is 392 g/mol. The number of aldehydes is 1. The lowest BCUT2D eigenvalue weighted by atomic mass is 10.1. The van der Waals surface area contributed by atoms with Gasteiger partial charge in [0.05, 0.1) is 29.6 Å². The molecule has 0 unspecified atom stereocenters. The highest BCUT2D eigenvalue weighted by Crippen LogP contribution is 2.27. The van der Waals surface area contributed by atoms with Crippen molar-refractivity contribution in [1.29, 1.82) is 0 Å². The summed E-state index contributed by atoms with van der Waals surface area (Å²) >= 11 is 0. The molecule has 1 N–H and O–H groups in total.